The molecule has 0 bridgehead atoms. The van der Waals surface area contributed by atoms with Crippen molar-refractivity contribution in [1.29, 1.82) is 0 Å². The van der Waals surface area contributed by atoms with Crippen molar-refractivity contribution in [3.05, 3.63) is 48.7 Å². The van der Waals surface area contributed by atoms with Crippen molar-refractivity contribution in [2.24, 2.45) is 5.73 Å². The number of thiophene rings is 1. The lowest BCUT2D eigenvalue weighted by atomic mass is 9.99. The second kappa shape index (κ2) is 10.9. The van der Waals surface area contributed by atoms with Crippen LogP contribution >= 0.6 is 11.3 Å². The van der Waals surface area contributed by atoms with E-state index >= 15 is 0 Å². The minimum atomic E-state index is -0.498. The van der Waals surface area contributed by atoms with Gasteiger partial charge in [-0.05, 0) is 74.7 Å². The Balaban J connectivity index is 1.57. The fourth-order valence-electron chi connectivity index (χ4n) is 3.95. The topological polar surface area (TPSA) is 109 Å². The van der Waals surface area contributed by atoms with Gasteiger partial charge in [-0.25, -0.2) is 9.50 Å². The maximum Gasteiger partial charge on any atom is 0.154 e. The molecular weight excluding hydrogens is 422 g/mol. The SMILES string of the molecule is NCCCCC(O)C(CCCCO)Nc1ccc2ncc(-c3cc4ccccc4s3)n2n1. The van der Waals surface area contributed by atoms with Crippen LogP contribution in [0.3, 0.4) is 0 Å². The van der Waals surface area contributed by atoms with Gasteiger partial charge in [0.15, 0.2) is 5.65 Å². The highest BCUT2D eigenvalue weighted by atomic mass is 32.1. The van der Waals surface area contributed by atoms with Gasteiger partial charge in [0, 0.05) is 11.3 Å². The molecule has 1 aromatic carbocycles. The van der Waals surface area contributed by atoms with E-state index in [0.29, 0.717) is 18.8 Å². The number of nitrogens with zero attached hydrogens (tertiary/aromatic N) is 3. The van der Waals surface area contributed by atoms with Crippen molar-refractivity contribution in [3.8, 4) is 10.6 Å². The van der Waals surface area contributed by atoms with Crippen molar-refractivity contribution >= 4 is 32.9 Å². The minimum absolute atomic E-state index is 0.138. The summed E-state index contributed by atoms with van der Waals surface area (Å²) < 4.78 is 3.09. The quantitative estimate of drug-likeness (QED) is 0.241. The summed E-state index contributed by atoms with van der Waals surface area (Å²) in [6.07, 6.45) is 6.16. The monoisotopic (exact) mass is 453 g/mol. The maximum absolute atomic E-state index is 10.8. The van der Waals surface area contributed by atoms with E-state index in [2.05, 4.69) is 28.5 Å². The lowest BCUT2D eigenvalue weighted by Gasteiger charge is -2.25. The van der Waals surface area contributed by atoms with E-state index in [9.17, 15) is 5.11 Å². The summed E-state index contributed by atoms with van der Waals surface area (Å²) in [4.78, 5) is 5.64. The Bertz CT molecular complexity index is 1110. The average molecular weight is 454 g/mol. The van der Waals surface area contributed by atoms with E-state index in [1.165, 1.54) is 10.1 Å². The first kappa shape index (κ1) is 22.7. The third-order valence-electron chi connectivity index (χ3n) is 5.72. The van der Waals surface area contributed by atoms with Gasteiger partial charge < -0.3 is 21.3 Å². The van der Waals surface area contributed by atoms with Crippen LogP contribution in [0.2, 0.25) is 0 Å². The van der Waals surface area contributed by atoms with Gasteiger partial charge in [0.05, 0.1) is 23.2 Å². The van der Waals surface area contributed by atoms with Crippen LogP contribution in [-0.2, 0) is 0 Å². The van der Waals surface area contributed by atoms with Gasteiger partial charge >= 0.3 is 0 Å². The number of aliphatic hydroxyl groups excluding tert-OH is 2. The predicted molar refractivity (Wildman–Crippen MR) is 131 cm³/mol. The van der Waals surface area contributed by atoms with Gasteiger partial charge in [-0.3, -0.25) is 0 Å². The molecule has 0 saturated carbocycles. The number of benzene rings is 1. The Kier molecular flexibility index (Phi) is 7.70. The molecule has 0 aliphatic carbocycles. The molecule has 2 atom stereocenters. The molecule has 8 heteroatoms. The average Bonchev–Trinajstić information content (AvgIpc) is 3.42. The number of hydrogen-bond donors (Lipinski definition) is 4. The van der Waals surface area contributed by atoms with E-state index in [1.807, 2.05) is 35.0 Å². The predicted octanol–water partition coefficient (Wildman–Crippen LogP) is 4.04. The van der Waals surface area contributed by atoms with E-state index in [4.69, 9.17) is 15.9 Å². The van der Waals surface area contributed by atoms with E-state index in [-0.39, 0.29) is 12.6 Å². The number of hydrogen-bond acceptors (Lipinski definition) is 7. The van der Waals surface area contributed by atoms with E-state index in [0.717, 1.165) is 48.3 Å². The zero-order valence-electron chi connectivity index (χ0n) is 18.2. The van der Waals surface area contributed by atoms with Gasteiger partial charge in [-0.15, -0.1) is 16.4 Å². The summed E-state index contributed by atoms with van der Waals surface area (Å²) in [7, 11) is 0. The highest BCUT2D eigenvalue weighted by molar-refractivity contribution is 7.22. The molecule has 4 rings (SSSR count). The Labute approximate surface area is 191 Å². The number of rotatable bonds is 12. The molecule has 0 amide bonds. The first-order valence-electron chi connectivity index (χ1n) is 11.3. The first-order chi connectivity index (χ1) is 15.7. The number of imidazole rings is 1. The Morgan fingerprint density at radius 2 is 1.91 bits per heavy atom. The third-order valence-corrected chi connectivity index (χ3v) is 6.85. The lowest BCUT2D eigenvalue weighted by Crippen LogP contribution is -2.34. The van der Waals surface area contributed by atoms with Gasteiger partial charge in [0.25, 0.3) is 0 Å². The summed E-state index contributed by atoms with van der Waals surface area (Å²) in [6, 6.07) is 14.2. The van der Waals surface area contributed by atoms with E-state index < -0.39 is 6.10 Å². The van der Waals surface area contributed by atoms with Crippen LogP contribution in [0.15, 0.2) is 48.7 Å². The summed E-state index contributed by atoms with van der Waals surface area (Å²) >= 11 is 1.72. The third kappa shape index (κ3) is 5.27. The van der Waals surface area contributed by atoms with Crippen molar-refractivity contribution in [1.82, 2.24) is 14.6 Å². The highest BCUT2D eigenvalue weighted by Gasteiger charge is 2.20. The van der Waals surface area contributed by atoms with E-state index in [1.54, 1.807) is 11.3 Å². The molecule has 0 fully saturated rings. The molecule has 32 heavy (non-hydrogen) atoms. The lowest BCUT2D eigenvalue weighted by molar-refractivity contribution is 0.133. The number of unbranched alkanes of at least 4 members (excludes halogenated alkanes) is 2. The van der Waals surface area contributed by atoms with Crippen LogP contribution < -0.4 is 11.1 Å². The molecule has 0 radical (unpaired) electrons. The smallest absolute Gasteiger partial charge is 0.154 e. The Morgan fingerprint density at radius 3 is 2.72 bits per heavy atom. The molecule has 3 heterocycles. The maximum atomic E-state index is 10.8. The zero-order chi connectivity index (χ0) is 22.3. The first-order valence-corrected chi connectivity index (χ1v) is 12.1. The molecule has 7 nitrogen and oxygen atoms in total. The fraction of sp³-hybridized carbons (Fsp3) is 0.417. The molecule has 0 aliphatic rings. The minimum Gasteiger partial charge on any atom is -0.396 e. The number of anilines is 1. The van der Waals surface area contributed by atoms with Crippen molar-refractivity contribution in [2.75, 3.05) is 18.5 Å². The molecular formula is C24H31N5O2S. The molecule has 4 aromatic rings. The summed E-state index contributed by atoms with van der Waals surface area (Å²) in [6.45, 7) is 0.794. The molecule has 2 unspecified atom stereocenters. The van der Waals surface area contributed by atoms with Gasteiger partial charge in [-0.2, -0.15) is 0 Å². The molecule has 0 aliphatic heterocycles. The second-order valence-corrected chi connectivity index (χ2v) is 9.19. The molecule has 3 aromatic heterocycles. The van der Waals surface area contributed by atoms with Crippen LogP contribution in [-0.4, -0.2) is 50.1 Å². The van der Waals surface area contributed by atoms with Gasteiger partial charge in [0.1, 0.15) is 11.5 Å². The Hall–Kier alpha value is -2.52. The summed E-state index contributed by atoms with van der Waals surface area (Å²) in [5, 5.41) is 29.4. The molecule has 170 valence electrons. The number of aliphatic hydroxyl groups is 2. The van der Waals surface area contributed by atoms with Crippen LogP contribution in [0.4, 0.5) is 5.82 Å². The largest absolute Gasteiger partial charge is 0.396 e. The molecule has 5 N–H and O–H groups in total. The number of nitrogens with two attached hydrogens (primary N) is 1. The molecule has 0 saturated heterocycles. The summed E-state index contributed by atoms with van der Waals surface area (Å²) in [5.74, 6) is 0.699. The highest BCUT2D eigenvalue weighted by Crippen LogP contribution is 2.33. The van der Waals surface area contributed by atoms with Crippen LogP contribution in [0.25, 0.3) is 26.3 Å². The van der Waals surface area contributed by atoms with Gasteiger partial charge in [0.2, 0.25) is 0 Å². The van der Waals surface area contributed by atoms with Crippen molar-refractivity contribution in [2.45, 2.75) is 50.7 Å². The number of nitrogens with one attached hydrogen (secondary N) is 1. The summed E-state index contributed by atoms with van der Waals surface area (Å²) in [5.41, 5.74) is 7.33. The Morgan fingerprint density at radius 1 is 1.06 bits per heavy atom. The van der Waals surface area contributed by atoms with Crippen molar-refractivity contribution < 1.29 is 10.2 Å². The fourth-order valence-corrected chi connectivity index (χ4v) is 5.01. The normalized spacial score (nSPS) is 13.6. The zero-order valence-corrected chi connectivity index (χ0v) is 19.0. The van der Waals surface area contributed by atoms with Gasteiger partial charge in [-0.1, -0.05) is 18.2 Å². The number of aromatic nitrogens is 3. The number of fused-ring (bicyclic) bond motifs is 2. The van der Waals surface area contributed by atoms with Crippen molar-refractivity contribution in [3.63, 3.8) is 0 Å². The standard InChI is InChI=1S/C24H31N5O2S/c25-13-5-3-9-20(31)18(8-4-6-14-30)27-23-11-12-24-26-16-19(29(24)28-23)22-15-17-7-1-2-10-21(17)32-22/h1-2,7,10-12,15-16,18,20,30-31H,3-6,8-9,13-14,25H2,(H,27,28). The van der Waals surface area contributed by atoms with Crippen LogP contribution in [0.1, 0.15) is 38.5 Å². The molecule has 0 spiro atoms. The van der Waals surface area contributed by atoms with Crippen LogP contribution in [0.5, 0.6) is 0 Å². The second-order valence-electron chi connectivity index (χ2n) is 8.10. The van der Waals surface area contributed by atoms with Crippen LogP contribution in [0, 0.1) is 0 Å².